The van der Waals surface area contributed by atoms with Gasteiger partial charge in [-0.05, 0) is 18.2 Å². The lowest BCUT2D eigenvalue weighted by Gasteiger charge is -2.11. The lowest BCUT2D eigenvalue weighted by Crippen LogP contribution is -2.03. The quantitative estimate of drug-likeness (QED) is 0.904. The van der Waals surface area contributed by atoms with E-state index in [4.69, 9.17) is 22.1 Å². The van der Waals surface area contributed by atoms with Gasteiger partial charge >= 0.3 is 0 Å². The molecule has 0 fully saturated rings. The number of aromatic nitrogens is 2. The van der Waals surface area contributed by atoms with Crippen LogP contribution in [0.3, 0.4) is 0 Å². The van der Waals surface area contributed by atoms with Crippen molar-refractivity contribution in [3.8, 4) is 5.88 Å². The Balaban J connectivity index is 2.37. The van der Waals surface area contributed by atoms with Gasteiger partial charge in [-0.25, -0.2) is 4.98 Å². The van der Waals surface area contributed by atoms with E-state index in [1.165, 1.54) is 13.4 Å². The van der Waals surface area contributed by atoms with Crippen molar-refractivity contribution in [1.82, 2.24) is 9.97 Å². The Labute approximate surface area is 117 Å². The Hall–Kier alpha value is -1.53. The van der Waals surface area contributed by atoms with Crippen molar-refractivity contribution in [2.75, 3.05) is 18.2 Å². The molecule has 1 heterocycles. The fraction of sp³-hybridized carbons (Fsp3) is 0.0909. The highest BCUT2D eigenvalue weighted by Gasteiger charge is 2.10. The summed E-state index contributed by atoms with van der Waals surface area (Å²) in [6.07, 6.45) is 1.36. The molecule has 1 aromatic heterocycles. The van der Waals surface area contributed by atoms with Gasteiger partial charge in [-0.2, -0.15) is 4.98 Å². The number of anilines is 3. The maximum Gasteiger partial charge on any atom is 0.242 e. The summed E-state index contributed by atoms with van der Waals surface area (Å²) in [5, 5.41) is 3.60. The van der Waals surface area contributed by atoms with Crippen LogP contribution in [0, 0.1) is 0 Å². The molecule has 3 N–H and O–H groups in total. The molecule has 5 nitrogen and oxygen atoms in total. The molecular formula is C11H10BrClN4O. The van der Waals surface area contributed by atoms with Crippen molar-refractivity contribution >= 4 is 44.7 Å². The molecular weight excluding hydrogens is 320 g/mol. The predicted octanol–water partition coefficient (Wildman–Crippen LogP) is 3.23. The molecule has 2 aromatic rings. The first kappa shape index (κ1) is 12.9. The topological polar surface area (TPSA) is 73.1 Å². The Morgan fingerprint density at radius 2 is 2.17 bits per heavy atom. The Kier molecular flexibility index (Phi) is 3.88. The van der Waals surface area contributed by atoms with E-state index in [0.29, 0.717) is 28.1 Å². The van der Waals surface area contributed by atoms with E-state index < -0.39 is 0 Å². The second kappa shape index (κ2) is 5.41. The number of rotatable bonds is 3. The number of nitrogens with one attached hydrogen (secondary N) is 1. The summed E-state index contributed by atoms with van der Waals surface area (Å²) in [4.78, 5) is 7.95. The van der Waals surface area contributed by atoms with Crippen molar-refractivity contribution in [3.05, 3.63) is 34.0 Å². The highest BCUT2D eigenvalue weighted by molar-refractivity contribution is 9.10. The number of nitrogen functional groups attached to an aromatic ring is 1. The standard InChI is InChI=1S/C11H10BrClN4O/c1-18-11-9(14)10(15-5-16-11)17-8-4-6(12)2-3-7(8)13/h2-5H,14H2,1H3,(H,15,16,17). The summed E-state index contributed by atoms with van der Waals surface area (Å²) in [6.45, 7) is 0. The van der Waals surface area contributed by atoms with Gasteiger partial charge in [0, 0.05) is 4.47 Å². The second-order valence-electron chi connectivity index (χ2n) is 3.39. The maximum atomic E-state index is 6.07. The van der Waals surface area contributed by atoms with E-state index in [-0.39, 0.29) is 0 Å². The zero-order valence-electron chi connectivity index (χ0n) is 9.45. The molecule has 0 aliphatic carbocycles. The molecule has 0 aliphatic heterocycles. The number of hydrogen-bond acceptors (Lipinski definition) is 5. The minimum Gasteiger partial charge on any atom is -0.479 e. The lowest BCUT2D eigenvalue weighted by atomic mass is 10.3. The van der Waals surface area contributed by atoms with Crippen LogP contribution in [-0.4, -0.2) is 17.1 Å². The zero-order chi connectivity index (χ0) is 13.1. The van der Waals surface area contributed by atoms with Crippen LogP contribution in [0.2, 0.25) is 5.02 Å². The summed E-state index contributed by atoms with van der Waals surface area (Å²) >= 11 is 9.44. The van der Waals surface area contributed by atoms with Gasteiger partial charge in [0.2, 0.25) is 5.88 Å². The molecule has 0 saturated carbocycles. The maximum absolute atomic E-state index is 6.07. The van der Waals surface area contributed by atoms with Crippen molar-refractivity contribution in [1.29, 1.82) is 0 Å². The molecule has 18 heavy (non-hydrogen) atoms. The Morgan fingerprint density at radius 1 is 1.39 bits per heavy atom. The van der Waals surface area contributed by atoms with E-state index >= 15 is 0 Å². The third-order valence-electron chi connectivity index (χ3n) is 2.22. The molecule has 0 atom stereocenters. The van der Waals surface area contributed by atoms with Crippen LogP contribution in [0.25, 0.3) is 0 Å². The van der Waals surface area contributed by atoms with E-state index in [1.54, 1.807) is 6.07 Å². The van der Waals surface area contributed by atoms with Gasteiger partial charge in [0.1, 0.15) is 12.0 Å². The number of benzene rings is 1. The van der Waals surface area contributed by atoms with Crippen molar-refractivity contribution in [3.63, 3.8) is 0 Å². The molecule has 0 saturated heterocycles. The average Bonchev–Trinajstić information content (AvgIpc) is 2.36. The molecule has 0 aliphatic rings. The molecule has 0 radical (unpaired) electrons. The summed E-state index contributed by atoms with van der Waals surface area (Å²) in [5.41, 5.74) is 6.89. The molecule has 0 unspecified atom stereocenters. The number of hydrogen-bond donors (Lipinski definition) is 2. The normalized spacial score (nSPS) is 10.2. The van der Waals surface area contributed by atoms with Crippen molar-refractivity contribution in [2.45, 2.75) is 0 Å². The third kappa shape index (κ3) is 2.65. The highest BCUT2D eigenvalue weighted by Crippen LogP contribution is 2.31. The summed E-state index contributed by atoms with van der Waals surface area (Å²) in [5.74, 6) is 0.764. The van der Waals surface area contributed by atoms with Gasteiger partial charge in [-0.1, -0.05) is 27.5 Å². The first-order chi connectivity index (χ1) is 8.61. The van der Waals surface area contributed by atoms with Crippen LogP contribution in [0.15, 0.2) is 29.0 Å². The zero-order valence-corrected chi connectivity index (χ0v) is 11.8. The number of halogens is 2. The monoisotopic (exact) mass is 328 g/mol. The molecule has 7 heteroatoms. The van der Waals surface area contributed by atoms with E-state index in [1.807, 2.05) is 12.1 Å². The largest absolute Gasteiger partial charge is 0.479 e. The minimum atomic E-state index is 0.318. The van der Waals surface area contributed by atoms with Crippen LogP contribution in [0.1, 0.15) is 0 Å². The number of nitrogens with zero attached hydrogens (tertiary/aromatic N) is 2. The summed E-state index contributed by atoms with van der Waals surface area (Å²) in [6, 6.07) is 5.44. The smallest absolute Gasteiger partial charge is 0.242 e. The SMILES string of the molecule is COc1ncnc(Nc2cc(Br)ccc2Cl)c1N. The fourth-order valence-electron chi connectivity index (χ4n) is 1.36. The lowest BCUT2D eigenvalue weighted by molar-refractivity contribution is 0.399. The van der Waals surface area contributed by atoms with E-state index in [9.17, 15) is 0 Å². The molecule has 0 bridgehead atoms. The minimum absolute atomic E-state index is 0.318. The molecule has 1 aromatic carbocycles. The molecule has 94 valence electrons. The number of methoxy groups -OCH3 is 1. The van der Waals surface area contributed by atoms with E-state index in [2.05, 4.69) is 31.2 Å². The average molecular weight is 330 g/mol. The Bertz CT molecular complexity index is 579. The van der Waals surface area contributed by atoms with Crippen LogP contribution in [0.4, 0.5) is 17.2 Å². The van der Waals surface area contributed by atoms with Crippen molar-refractivity contribution in [2.24, 2.45) is 0 Å². The van der Waals surface area contributed by atoms with Crippen LogP contribution in [0.5, 0.6) is 5.88 Å². The van der Waals surface area contributed by atoms with E-state index in [0.717, 1.165) is 4.47 Å². The van der Waals surface area contributed by atoms with Gasteiger partial charge < -0.3 is 15.8 Å². The first-order valence-electron chi connectivity index (χ1n) is 4.98. The molecule has 0 spiro atoms. The number of nitrogens with two attached hydrogens (primary N) is 1. The molecule has 0 amide bonds. The summed E-state index contributed by atoms with van der Waals surface area (Å²) in [7, 11) is 1.49. The van der Waals surface area contributed by atoms with Crippen LogP contribution >= 0.6 is 27.5 Å². The van der Waals surface area contributed by atoms with Gasteiger partial charge in [0.25, 0.3) is 0 Å². The fourth-order valence-corrected chi connectivity index (χ4v) is 1.89. The predicted molar refractivity (Wildman–Crippen MR) is 75.4 cm³/mol. The third-order valence-corrected chi connectivity index (χ3v) is 3.05. The summed E-state index contributed by atoms with van der Waals surface area (Å²) < 4.78 is 5.92. The number of ether oxygens (including phenoxy) is 1. The Morgan fingerprint density at radius 3 is 2.89 bits per heavy atom. The van der Waals surface area contributed by atoms with Crippen LogP contribution in [-0.2, 0) is 0 Å². The van der Waals surface area contributed by atoms with Crippen molar-refractivity contribution < 1.29 is 4.74 Å². The van der Waals surface area contributed by atoms with Gasteiger partial charge in [-0.3, -0.25) is 0 Å². The highest BCUT2D eigenvalue weighted by atomic mass is 79.9. The van der Waals surface area contributed by atoms with Crippen LogP contribution < -0.4 is 15.8 Å². The second-order valence-corrected chi connectivity index (χ2v) is 4.72. The van der Waals surface area contributed by atoms with Gasteiger partial charge in [0.15, 0.2) is 5.82 Å². The van der Waals surface area contributed by atoms with Gasteiger partial charge in [-0.15, -0.1) is 0 Å². The van der Waals surface area contributed by atoms with Gasteiger partial charge in [0.05, 0.1) is 17.8 Å². The molecule has 2 rings (SSSR count). The first-order valence-corrected chi connectivity index (χ1v) is 6.15.